The van der Waals surface area contributed by atoms with E-state index in [2.05, 4.69) is 10.2 Å². The van der Waals surface area contributed by atoms with Crippen molar-refractivity contribution in [2.45, 2.75) is 44.4 Å². The number of thioether (sulfide) groups is 1. The van der Waals surface area contributed by atoms with Crippen LogP contribution in [0.2, 0.25) is 5.02 Å². The van der Waals surface area contributed by atoms with Crippen LogP contribution >= 0.6 is 23.4 Å². The van der Waals surface area contributed by atoms with E-state index in [1.54, 1.807) is 6.07 Å². The van der Waals surface area contributed by atoms with Gasteiger partial charge < -0.3 is 14.3 Å². The second-order valence-electron chi connectivity index (χ2n) is 6.08. The second kappa shape index (κ2) is 7.90. The maximum Gasteiger partial charge on any atom is 0.306 e. The topological polar surface area (TPSA) is 85.5 Å². The molecule has 8 heteroatoms. The monoisotopic (exact) mass is 370 g/mol. The summed E-state index contributed by atoms with van der Waals surface area (Å²) in [4.78, 5) is 11.6. The number of rotatable bonds is 6. The Morgan fingerprint density at radius 3 is 2.79 bits per heavy atom. The lowest BCUT2D eigenvalue weighted by Crippen LogP contribution is -2.23. The van der Waals surface area contributed by atoms with Gasteiger partial charge in [-0.3, -0.25) is 4.79 Å². The van der Waals surface area contributed by atoms with E-state index in [-0.39, 0.29) is 17.6 Å². The van der Waals surface area contributed by atoms with Gasteiger partial charge in [-0.1, -0.05) is 23.4 Å². The first-order valence-electron chi connectivity index (χ1n) is 7.41. The molecule has 6 nitrogen and oxygen atoms in total. The van der Waals surface area contributed by atoms with E-state index in [1.165, 1.54) is 23.9 Å². The van der Waals surface area contributed by atoms with E-state index in [4.69, 9.17) is 20.8 Å². The van der Waals surface area contributed by atoms with Crippen molar-refractivity contribution in [1.29, 1.82) is 0 Å². The van der Waals surface area contributed by atoms with Crippen LogP contribution in [0.4, 0.5) is 0 Å². The van der Waals surface area contributed by atoms with Crippen molar-refractivity contribution in [2.75, 3.05) is 5.75 Å². The number of phenols is 1. The van der Waals surface area contributed by atoms with Crippen LogP contribution in [0, 0.1) is 0 Å². The Bertz CT molecular complexity index is 712. The SMILES string of the molecule is CC(C)(C)OC(=O)CCCSc1nnc(-c2ccc(O)cc2Cl)o1. The van der Waals surface area contributed by atoms with Crippen molar-refractivity contribution in [3.05, 3.63) is 23.2 Å². The van der Waals surface area contributed by atoms with Crippen molar-refractivity contribution < 1.29 is 19.1 Å². The Morgan fingerprint density at radius 1 is 1.38 bits per heavy atom. The molecule has 0 radical (unpaired) electrons. The van der Waals surface area contributed by atoms with Gasteiger partial charge in [0.25, 0.3) is 5.22 Å². The summed E-state index contributed by atoms with van der Waals surface area (Å²) in [6.45, 7) is 5.52. The van der Waals surface area contributed by atoms with Gasteiger partial charge in [0, 0.05) is 12.2 Å². The zero-order chi connectivity index (χ0) is 17.7. The molecule has 1 aromatic carbocycles. The fourth-order valence-electron chi connectivity index (χ4n) is 1.82. The molecule has 2 rings (SSSR count). The highest BCUT2D eigenvalue weighted by molar-refractivity contribution is 7.99. The van der Waals surface area contributed by atoms with Crippen LogP contribution in [-0.4, -0.2) is 32.6 Å². The van der Waals surface area contributed by atoms with Crippen molar-refractivity contribution in [1.82, 2.24) is 10.2 Å². The molecule has 1 N–H and O–H groups in total. The zero-order valence-corrected chi connectivity index (χ0v) is 15.3. The number of hydrogen-bond donors (Lipinski definition) is 1. The molecule has 1 heterocycles. The number of esters is 1. The number of ether oxygens (including phenoxy) is 1. The van der Waals surface area contributed by atoms with Gasteiger partial charge in [-0.25, -0.2) is 0 Å². The molecular weight excluding hydrogens is 352 g/mol. The van der Waals surface area contributed by atoms with Crippen LogP contribution in [0.5, 0.6) is 5.75 Å². The van der Waals surface area contributed by atoms with Crippen molar-refractivity contribution in [2.24, 2.45) is 0 Å². The van der Waals surface area contributed by atoms with Gasteiger partial charge in [-0.05, 0) is 45.4 Å². The first kappa shape index (κ1) is 18.6. The average Bonchev–Trinajstić information content (AvgIpc) is 2.90. The number of nitrogens with zero attached hydrogens (tertiary/aromatic N) is 2. The minimum atomic E-state index is -0.463. The molecule has 130 valence electrons. The Kier molecular flexibility index (Phi) is 6.12. The van der Waals surface area contributed by atoms with E-state index in [0.717, 1.165) is 0 Å². The van der Waals surface area contributed by atoms with E-state index in [9.17, 15) is 9.90 Å². The predicted molar refractivity (Wildman–Crippen MR) is 92.2 cm³/mol. The highest BCUT2D eigenvalue weighted by Gasteiger charge is 2.16. The predicted octanol–water partition coefficient (Wildman–Crippen LogP) is 4.31. The van der Waals surface area contributed by atoms with Crippen LogP contribution in [0.1, 0.15) is 33.6 Å². The smallest absolute Gasteiger partial charge is 0.306 e. The molecular formula is C16H19ClN2O4S. The summed E-state index contributed by atoms with van der Waals surface area (Å²) >= 11 is 7.41. The first-order valence-corrected chi connectivity index (χ1v) is 8.78. The molecule has 0 aliphatic carbocycles. The first-order chi connectivity index (χ1) is 11.2. The molecule has 0 atom stereocenters. The van der Waals surface area contributed by atoms with Gasteiger partial charge in [0.2, 0.25) is 5.89 Å². The average molecular weight is 371 g/mol. The van der Waals surface area contributed by atoms with E-state index < -0.39 is 5.60 Å². The molecule has 1 aromatic heterocycles. The number of aromatic hydroxyl groups is 1. The lowest BCUT2D eigenvalue weighted by Gasteiger charge is -2.19. The third-order valence-electron chi connectivity index (χ3n) is 2.76. The molecule has 0 aliphatic rings. The quantitative estimate of drug-likeness (QED) is 0.460. The van der Waals surface area contributed by atoms with Gasteiger partial charge in [-0.15, -0.1) is 10.2 Å². The highest BCUT2D eigenvalue weighted by atomic mass is 35.5. The molecule has 0 saturated heterocycles. The number of carbonyl (C=O) groups is 1. The maximum absolute atomic E-state index is 11.6. The highest BCUT2D eigenvalue weighted by Crippen LogP contribution is 2.31. The maximum atomic E-state index is 11.6. The summed E-state index contributed by atoms with van der Waals surface area (Å²) in [5.74, 6) is 0.796. The van der Waals surface area contributed by atoms with Gasteiger partial charge in [0.05, 0.1) is 10.6 Å². The van der Waals surface area contributed by atoms with Crippen LogP contribution in [-0.2, 0) is 9.53 Å². The third kappa shape index (κ3) is 5.72. The third-order valence-corrected chi connectivity index (χ3v) is 3.98. The fraction of sp³-hybridized carbons (Fsp3) is 0.438. The number of hydrogen-bond acceptors (Lipinski definition) is 7. The van der Waals surface area contributed by atoms with Gasteiger partial charge in [0.1, 0.15) is 11.4 Å². The van der Waals surface area contributed by atoms with Crippen molar-refractivity contribution in [3.8, 4) is 17.2 Å². The standard InChI is InChI=1S/C16H19ClN2O4S/c1-16(2,3)23-13(21)5-4-8-24-15-19-18-14(22-15)11-7-6-10(20)9-12(11)17/h6-7,9,20H,4-5,8H2,1-3H3. The van der Waals surface area contributed by atoms with Crippen LogP contribution in [0.25, 0.3) is 11.5 Å². The summed E-state index contributed by atoms with van der Waals surface area (Å²) in [6, 6.07) is 4.52. The van der Waals surface area contributed by atoms with Gasteiger partial charge in [0.15, 0.2) is 0 Å². The summed E-state index contributed by atoms with van der Waals surface area (Å²) in [6.07, 6.45) is 0.992. The Hall–Kier alpha value is -1.73. The largest absolute Gasteiger partial charge is 0.508 e. The van der Waals surface area contributed by atoms with E-state index >= 15 is 0 Å². The van der Waals surface area contributed by atoms with Crippen molar-refractivity contribution in [3.63, 3.8) is 0 Å². The Balaban J connectivity index is 1.83. The molecule has 0 bridgehead atoms. The van der Waals surface area contributed by atoms with Crippen molar-refractivity contribution >= 4 is 29.3 Å². The minimum Gasteiger partial charge on any atom is -0.508 e. The van der Waals surface area contributed by atoms with E-state index in [0.29, 0.717) is 34.4 Å². The summed E-state index contributed by atoms with van der Waals surface area (Å²) in [7, 11) is 0. The molecule has 0 aliphatic heterocycles. The normalized spacial score (nSPS) is 11.5. The molecule has 2 aromatic rings. The number of phenolic OH excluding ortho intramolecular Hbond substituents is 1. The molecule has 0 amide bonds. The second-order valence-corrected chi connectivity index (χ2v) is 7.53. The summed E-state index contributed by atoms with van der Waals surface area (Å²) < 4.78 is 10.8. The van der Waals surface area contributed by atoms with Gasteiger partial charge >= 0.3 is 5.97 Å². The Morgan fingerprint density at radius 2 is 2.12 bits per heavy atom. The number of halogens is 1. The van der Waals surface area contributed by atoms with Crippen LogP contribution in [0.15, 0.2) is 27.8 Å². The lowest BCUT2D eigenvalue weighted by atomic mass is 10.2. The Labute approximate surface area is 149 Å². The number of benzene rings is 1. The molecule has 0 spiro atoms. The van der Waals surface area contributed by atoms with E-state index in [1.807, 2.05) is 20.8 Å². The number of aromatic nitrogens is 2. The van der Waals surface area contributed by atoms with Crippen LogP contribution < -0.4 is 0 Å². The molecule has 0 saturated carbocycles. The molecule has 0 unspecified atom stereocenters. The molecule has 24 heavy (non-hydrogen) atoms. The summed E-state index contributed by atoms with van der Waals surface area (Å²) in [5, 5.41) is 18.0. The minimum absolute atomic E-state index is 0.0695. The summed E-state index contributed by atoms with van der Waals surface area (Å²) in [5.41, 5.74) is 0.0946. The van der Waals surface area contributed by atoms with Gasteiger partial charge in [-0.2, -0.15) is 0 Å². The number of carbonyl (C=O) groups excluding carboxylic acids is 1. The van der Waals surface area contributed by atoms with Crippen LogP contribution in [0.3, 0.4) is 0 Å². The zero-order valence-electron chi connectivity index (χ0n) is 13.7. The lowest BCUT2D eigenvalue weighted by molar-refractivity contribution is -0.154. The molecule has 0 fully saturated rings. The fourth-order valence-corrected chi connectivity index (χ4v) is 2.78.